The standard InChI is InChI=1S/C10H13N5O2/c11-9-8-10(13-4-12-9)15(5-14-8)7-2-1-6(3-16)17-7/h4-7,16H,1-3H2,(H2,11,12,13)/t6-,7+/m0/s1/i1T,2T/t1-,2+,6-,7+. The number of hydrogen-bond donors (Lipinski definition) is 2. The number of ether oxygens (including phenoxy) is 1. The summed E-state index contributed by atoms with van der Waals surface area (Å²) < 4.78 is 22.9. The molecule has 7 nitrogen and oxygen atoms in total. The molecule has 7 heteroatoms. The summed E-state index contributed by atoms with van der Waals surface area (Å²) in [5.74, 6) is 0.254. The van der Waals surface area contributed by atoms with Crippen molar-refractivity contribution < 1.29 is 12.6 Å². The number of nitrogens with zero attached hydrogens (tertiary/aromatic N) is 4. The van der Waals surface area contributed by atoms with Gasteiger partial charge in [-0.05, 0) is 12.8 Å². The van der Waals surface area contributed by atoms with Crippen LogP contribution in [0.2, 0.25) is 0 Å². The summed E-state index contributed by atoms with van der Waals surface area (Å²) in [5, 5.41) is 9.13. The van der Waals surface area contributed by atoms with Crippen LogP contribution in [-0.4, -0.2) is 37.3 Å². The molecule has 2 aromatic rings. The molecule has 3 rings (SSSR count). The van der Waals surface area contributed by atoms with Gasteiger partial charge in [0.15, 0.2) is 11.5 Å². The van der Waals surface area contributed by atoms with Gasteiger partial charge in [0.1, 0.15) is 18.1 Å². The van der Waals surface area contributed by atoms with Crippen LogP contribution in [0.4, 0.5) is 5.82 Å². The molecular formula is C10H13N5O2. The Labute approximate surface area is 100 Å². The van der Waals surface area contributed by atoms with Crippen molar-refractivity contribution in [2.75, 3.05) is 12.3 Å². The molecule has 1 saturated heterocycles. The minimum atomic E-state index is -0.828. The van der Waals surface area contributed by atoms with Gasteiger partial charge in [-0.2, -0.15) is 0 Å². The van der Waals surface area contributed by atoms with Crippen LogP contribution in [0.1, 0.15) is 21.8 Å². The van der Waals surface area contributed by atoms with Gasteiger partial charge in [-0.25, -0.2) is 15.0 Å². The second-order valence-electron chi connectivity index (χ2n) is 3.72. The zero-order valence-corrected chi connectivity index (χ0v) is 8.89. The lowest BCUT2D eigenvalue weighted by atomic mass is 10.2. The predicted molar refractivity (Wildman–Crippen MR) is 60.0 cm³/mol. The monoisotopic (exact) mass is 239 g/mol. The second kappa shape index (κ2) is 3.94. The van der Waals surface area contributed by atoms with E-state index >= 15 is 0 Å². The number of aromatic nitrogens is 4. The Hall–Kier alpha value is -1.73. The highest BCUT2D eigenvalue weighted by molar-refractivity contribution is 5.81. The van der Waals surface area contributed by atoms with Crippen LogP contribution < -0.4 is 5.73 Å². The van der Waals surface area contributed by atoms with Gasteiger partial charge < -0.3 is 15.6 Å². The topological polar surface area (TPSA) is 99.1 Å². The molecule has 3 heterocycles. The van der Waals surface area contributed by atoms with Crippen LogP contribution in [-0.2, 0) is 4.74 Å². The summed E-state index contributed by atoms with van der Waals surface area (Å²) in [6.07, 6.45) is -0.250. The Balaban J connectivity index is 2.04. The highest BCUT2D eigenvalue weighted by Crippen LogP contribution is 2.30. The van der Waals surface area contributed by atoms with Crippen molar-refractivity contribution in [3.05, 3.63) is 12.7 Å². The highest BCUT2D eigenvalue weighted by Gasteiger charge is 2.27. The summed E-state index contributed by atoms with van der Waals surface area (Å²) in [6.45, 7) is -0.288. The molecule has 0 saturated carbocycles. The van der Waals surface area contributed by atoms with E-state index in [0.717, 1.165) is 0 Å². The zero-order chi connectivity index (χ0) is 13.6. The summed E-state index contributed by atoms with van der Waals surface area (Å²) in [5.41, 5.74) is 6.59. The fourth-order valence-corrected chi connectivity index (χ4v) is 1.81. The van der Waals surface area contributed by atoms with E-state index in [-0.39, 0.29) is 12.4 Å². The summed E-state index contributed by atoms with van der Waals surface area (Å²) in [4.78, 5) is 12.0. The van der Waals surface area contributed by atoms with Crippen molar-refractivity contribution in [1.82, 2.24) is 19.5 Å². The third kappa shape index (κ3) is 1.63. The molecule has 0 radical (unpaired) electrons. The SMILES string of the molecule is [3H][C@@H]1[C@H]([3H])[C@@H](CO)O[C@H]1n1cnc2c(N)ncnc21. The third-order valence-corrected chi connectivity index (χ3v) is 2.65. The first-order valence-corrected chi connectivity index (χ1v) is 5.17. The number of nitrogen functional groups attached to an aromatic ring is 1. The Bertz CT molecular complexity index is 607. The molecule has 0 aliphatic carbocycles. The van der Waals surface area contributed by atoms with E-state index in [9.17, 15) is 0 Å². The number of imidazole rings is 1. The smallest absolute Gasteiger partial charge is 0.167 e. The second-order valence-corrected chi connectivity index (χ2v) is 3.72. The molecule has 0 bridgehead atoms. The minimum Gasteiger partial charge on any atom is -0.394 e. The predicted octanol–water partition coefficient (Wildman–Crippen LogP) is 0.0784. The largest absolute Gasteiger partial charge is 0.394 e. The molecule has 0 unspecified atom stereocenters. The van der Waals surface area contributed by atoms with Gasteiger partial charge >= 0.3 is 0 Å². The van der Waals surface area contributed by atoms with Crippen LogP contribution in [0.25, 0.3) is 11.2 Å². The summed E-state index contributed by atoms with van der Waals surface area (Å²) in [6, 6.07) is 0. The third-order valence-electron chi connectivity index (χ3n) is 2.65. The number of nitrogens with two attached hydrogens (primary N) is 1. The summed E-state index contributed by atoms with van der Waals surface area (Å²) >= 11 is 0. The maximum atomic E-state index is 9.13. The van der Waals surface area contributed by atoms with Crippen LogP contribution in [0.3, 0.4) is 0 Å². The van der Waals surface area contributed by atoms with E-state index < -0.39 is 25.1 Å². The molecule has 1 aliphatic heterocycles. The highest BCUT2D eigenvalue weighted by atomic mass is 16.5. The first kappa shape index (κ1) is 8.37. The van der Waals surface area contributed by atoms with Crippen molar-refractivity contribution >= 4 is 17.0 Å². The normalized spacial score (nSPS) is 34.9. The van der Waals surface area contributed by atoms with Gasteiger partial charge in [0.2, 0.25) is 0 Å². The lowest BCUT2D eigenvalue weighted by Crippen LogP contribution is -2.14. The van der Waals surface area contributed by atoms with Gasteiger partial charge in [0.25, 0.3) is 0 Å². The van der Waals surface area contributed by atoms with Crippen molar-refractivity contribution in [3.63, 3.8) is 0 Å². The number of aliphatic hydroxyl groups is 1. The molecule has 2 aromatic heterocycles. The van der Waals surface area contributed by atoms with Crippen LogP contribution in [0.5, 0.6) is 0 Å². The van der Waals surface area contributed by atoms with E-state index in [1.54, 1.807) is 4.57 Å². The first-order valence-electron chi connectivity index (χ1n) is 6.32. The first-order chi connectivity index (χ1) is 9.13. The minimum absolute atomic E-state index is 0.254. The maximum absolute atomic E-state index is 9.13. The van der Waals surface area contributed by atoms with Crippen LogP contribution in [0, 0.1) is 0 Å². The number of rotatable bonds is 2. The Kier molecular flexibility index (Phi) is 1.94. The molecule has 3 N–H and O–H groups in total. The molecule has 0 spiro atoms. The maximum Gasteiger partial charge on any atom is 0.167 e. The van der Waals surface area contributed by atoms with Gasteiger partial charge in [-0.3, -0.25) is 4.57 Å². The molecule has 17 heavy (non-hydrogen) atoms. The average Bonchev–Trinajstić information content (AvgIpc) is 2.94. The Morgan fingerprint density at radius 3 is 3.18 bits per heavy atom. The number of hydrogen-bond acceptors (Lipinski definition) is 6. The number of anilines is 1. The van der Waals surface area contributed by atoms with E-state index in [1.165, 1.54) is 12.7 Å². The van der Waals surface area contributed by atoms with Gasteiger partial charge in [-0.15, -0.1) is 0 Å². The average molecular weight is 239 g/mol. The quantitative estimate of drug-likeness (QED) is 0.769. The van der Waals surface area contributed by atoms with Gasteiger partial charge in [-0.1, -0.05) is 0 Å². The molecule has 0 amide bonds. The molecular weight excluding hydrogens is 222 g/mol. The molecule has 1 fully saturated rings. The molecule has 90 valence electrons. The van der Waals surface area contributed by atoms with Crippen molar-refractivity contribution in [3.8, 4) is 0 Å². The van der Waals surface area contributed by atoms with E-state index in [1.807, 2.05) is 0 Å². The van der Waals surface area contributed by atoms with Crippen LogP contribution in [0.15, 0.2) is 12.7 Å². The van der Waals surface area contributed by atoms with Gasteiger partial charge in [0.05, 0.1) is 19.0 Å². The summed E-state index contributed by atoms with van der Waals surface area (Å²) in [7, 11) is 0. The zero-order valence-electron chi connectivity index (χ0n) is 10.9. The Morgan fingerprint density at radius 1 is 1.53 bits per heavy atom. The fourth-order valence-electron chi connectivity index (χ4n) is 1.81. The van der Waals surface area contributed by atoms with Crippen molar-refractivity contribution in [2.45, 2.75) is 25.1 Å². The van der Waals surface area contributed by atoms with E-state index in [2.05, 4.69) is 15.0 Å². The molecule has 1 aliphatic rings. The lowest BCUT2D eigenvalue weighted by Gasteiger charge is -2.13. The fraction of sp³-hybridized carbons (Fsp3) is 0.500. The molecule has 4 atom stereocenters. The van der Waals surface area contributed by atoms with Crippen molar-refractivity contribution in [1.29, 1.82) is 0 Å². The van der Waals surface area contributed by atoms with Crippen LogP contribution >= 0.6 is 0 Å². The van der Waals surface area contributed by atoms with Gasteiger partial charge in [0, 0.05) is 2.74 Å². The Morgan fingerprint density at radius 2 is 2.41 bits per heavy atom. The lowest BCUT2D eigenvalue weighted by molar-refractivity contribution is -0.0207. The van der Waals surface area contributed by atoms with E-state index in [0.29, 0.717) is 11.2 Å². The van der Waals surface area contributed by atoms with Crippen molar-refractivity contribution in [2.24, 2.45) is 0 Å². The van der Waals surface area contributed by atoms with E-state index in [4.69, 9.17) is 18.3 Å². The number of aliphatic hydroxyl groups excluding tert-OH is 1. The molecule has 0 aromatic carbocycles. The number of fused-ring (bicyclic) bond motifs is 1.